The molecule has 0 aromatic carbocycles. The number of methoxy groups -OCH3 is 1. The average Bonchev–Trinajstić information content (AvgIpc) is 2.32. The van der Waals surface area contributed by atoms with Crippen LogP contribution in [-0.4, -0.2) is 23.7 Å². The van der Waals surface area contributed by atoms with Crippen LogP contribution in [0.1, 0.15) is 37.9 Å². The van der Waals surface area contributed by atoms with Gasteiger partial charge in [-0.3, -0.25) is 0 Å². The SMILES string of the molecule is CCOC(CC)c1nc(N)c(Br)c(COC)n1. The first-order chi connectivity index (χ1) is 8.13. The number of hydrogen-bond donors (Lipinski definition) is 1. The number of nitrogen functional groups attached to an aromatic ring is 1. The van der Waals surface area contributed by atoms with Gasteiger partial charge in [0.15, 0.2) is 5.82 Å². The maximum absolute atomic E-state index is 5.83. The number of aromatic nitrogens is 2. The molecule has 0 aliphatic carbocycles. The van der Waals surface area contributed by atoms with Crippen molar-refractivity contribution in [2.24, 2.45) is 0 Å². The summed E-state index contributed by atoms with van der Waals surface area (Å²) in [6.07, 6.45) is 0.687. The first-order valence-corrected chi connectivity index (χ1v) is 6.35. The smallest absolute Gasteiger partial charge is 0.159 e. The van der Waals surface area contributed by atoms with E-state index in [9.17, 15) is 0 Å². The Balaban J connectivity index is 3.07. The third kappa shape index (κ3) is 3.62. The van der Waals surface area contributed by atoms with Crippen molar-refractivity contribution in [1.29, 1.82) is 0 Å². The fourth-order valence-electron chi connectivity index (χ4n) is 1.49. The van der Waals surface area contributed by atoms with E-state index < -0.39 is 0 Å². The lowest BCUT2D eigenvalue weighted by Crippen LogP contribution is -2.12. The Labute approximate surface area is 110 Å². The molecule has 0 fully saturated rings. The minimum absolute atomic E-state index is 0.119. The van der Waals surface area contributed by atoms with Crippen molar-refractivity contribution in [1.82, 2.24) is 9.97 Å². The van der Waals surface area contributed by atoms with Gasteiger partial charge in [-0.15, -0.1) is 0 Å². The van der Waals surface area contributed by atoms with Crippen molar-refractivity contribution < 1.29 is 9.47 Å². The first-order valence-electron chi connectivity index (χ1n) is 5.56. The normalized spacial score (nSPS) is 12.7. The highest BCUT2D eigenvalue weighted by Gasteiger charge is 2.17. The molecule has 1 aromatic rings. The van der Waals surface area contributed by atoms with Crippen LogP contribution >= 0.6 is 15.9 Å². The van der Waals surface area contributed by atoms with E-state index in [1.807, 2.05) is 13.8 Å². The fourth-order valence-corrected chi connectivity index (χ4v) is 1.78. The number of rotatable bonds is 6. The van der Waals surface area contributed by atoms with Crippen LogP contribution in [0.2, 0.25) is 0 Å². The maximum atomic E-state index is 5.83. The van der Waals surface area contributed by atoms with Crippen LogP contribution in [0.3, 0.4) is 0 Å². The van der Waals surface area contributed by atoms with E-state index in [4.69, 9.17) is 15.2 Å². The van der Waals surface area contributed by atoms with Crippen LogP contribution in [-0.2, 0) is 16.1 Å². The van der Waals surface area contributed by atoms with Gasteiger partial charge in [0.05, 0.1) is 16.8 Å². The second-order valence-electron chi connectivity index (χ2n) is 3.51. The second kappa shape index (κ2) is 6.88. The molecule has 1 aromatic heterocycles. The third-order valence-electron chi connectivity index (χ3n) is 2.27. The Kier molecular flexibility index (Phi) is 5.80. The fraction of sp³-hybridized carbons (Fsp3) is 0.636. The van der Waals surface area contributed by atoms with E-state index in [2.05, 4.69) is 25.9 Å². The molecule has 0 amide bonds. The maximum Gasteiger partial charge on any atom is 0.159 e. The number of nitrogens with two attached hydrogens (primary N) is 1. The Morgan fingerprint density at radius 1 is 1.35 bits per heavy atom. The number of hydrogen-bond acceptors (Lipinski definition) is 5. The second-order valence-corrected chi connectivity index (χ2v) is 4.31. The zero-order valence-corrected chi connectivity index (χ0v) is 12.0. The van der Waals surface area contributed by atoms with Crippen molar-refractivity contribution in [2.45, 2.75) is 33.0 Å². The number of halogens is 1. The quantitative estimate of drug-likeness (QED) is 0.874. The standard InChI is InChI=1S/C11H18BrN3O2/c1-4-8(17-5-2)11-14-7(6-16-3)9(12)10(13)15-11/h8H,4-6H2,1-3H3,(H2,13,14,15). The van der Waals surface area contributed by atoms with Gasteiger partial charge in [0, 0.05) is 13.7 Å². The Hall–Kier alpha value is -0.720. The predicted molar refractivity (Wildman–Crippen MR) is 69.5 cm³/mol. The van der Waals surface area contributed by atoms with Gasteiger partial charge in [-0.2, -0.15) is 0 Å². The molecule has 2 N–H and O–H groups in total. The Bertz CT molecular complexity index is 374. The molecule has 0 bridgehead atoms. The molecule has 0 aliphatic heterocycles. The summed E-state index contributed by atoms with van der Waals surface area (Å²) in [6.45, 7) is 4.99. The van der Waals surface area contributed by atoms with Crippen LogP contribution in [0.15, 0.2) is 4.47 Å². The van der Waals surface area contributed by atoms with E-state index in [1.165, 1.54) is 0 Å². The van der Waals surface area contributed by atoms with Crippen LogP contribution in [0.4, 0.5) is 5.82 Å². The average molecular weight is 304 g/mol. The molecule has 1 rings (SSSR count). The lowest BCUT2D eigenvalue weighted by Gasteiger charge is -2.15. The van der Waals surface area contributed by atoms with Crippen molar-refractivity contribution in [3.05, 3.63) is 16.0 Å². The van der Waals surface area contributed by atoms with Gasteiger partial charge < -0.3 is 15.2 Å². The zero-order valence-electron chi connectivity index (χ0n) is 10.4. The molecule has 5 nitrogen and oxygen atoms in total. The van der Waals surface area contributed by atoms with Crippen LogP contribution < -0.4 is 5.73 Å². The van der Waals surface area contributed by atoms with Gasteiger partial charge in [-0.25, -0.2) is 9.97 Å². The minimum Gasteiger partial charge on any atom is -0.383 e. The highest BCUT2D eigenvalue weighted by atomic mass is 79.9. The molecule has 0 saturated carbocycles. The molecule has 1 unspecified atom stereocenters. The number of ether oxygens (including phenoxy) is 2. The van der Waals surface area contributed by atoms with Crippen molar-refractivity contribution >= 4 is 21.7 Å². The summed E-state index contributed by atoms with van der Waals surface area (Å²) in [5, 5.41) is 0. The summed E-state index contributed by atoms with van der Waals surface area (Å²) in [5.41, 5.74) is 6.57. The molecule has 1 heterocycles. The van der Waals surface area contributed by atoms with Gasteiger partial charge in [0.2, 0.25) is 0 Å². The van der Waals surface area contributed by atoms with E-state index >= 15 is 0 Å². The molecule has 0 spiro atoms. The molecule has 0 aliphatic rings. The lowest BCUT2D eigenvalue weighted by atomic mass is 10.2. The summed E-state index contributed by atoms with van der Waals surface area (Å²) in [5.74, 6) is 1.03. The molecular formula is C11H18BrN3O2. The number of anilines is 1. The van der Waals surface area contributed by atoms with E-state index in [1.54, 1.807) is 7.11 Å². The molecule has 0 saturated heterocycles. The topological polar surface area (TPSA) is 70.3 Å². The van der Waals surface area contributed by atoms with Crippen LogP contribution in [0.5, 0.6) is 0 Å². The number of nitrogens with zero attached hydrogens (tertiary/aromatic N) is 2. The Morgan fingerprint density at radius 2 is 2.06 bits per heavy atom. The summed E-state index contributed by atoms with van der Waals surface area (Å²) in [7, 11) is 1.62. The Morgan fingerprint density at radius 3 is 2.59 bits per heavy atom. The molecule has 0 radical (unpaired) electrons. The van der Waals surface area contributed by atoms with Crippen LogP contribution in [0, 0.1) is 0 Å². The largest absolute Gasteiger partial charge is 0.383 e. The summed E-state index contributed by atoms with van der Waals surface area (Å²) >= 11 is 3.35. The summed E-state index contributed by atoms with van der Waals surface area (Å²) < 4.78 is 11.3. The van der Waals surface area contributed by atoms with E-state index in [0.717, 1.165) is 12.1 Å². The summed E-state index contributed by atoms with van der Waals surface area (Å²) in [4.78, 5) is 8.67. The highest BCUT2D eigenvalue weighted by Crippen LogP contribution is 2.25. The molecular weight excluding hydrogens is 286 g/mol. The zero-order chi connectivity index (χ0) is 12.8. The van der Waals surface area contributed by atoms with Gasteiger partial charge in [0.1, 0.15) is 11.9 Å². The van der Waals surface area contributed by atoms with E-state index in [0.29, 0.717) is 29.3 Å². The lowest BCUT2D eigenvalue weighted by molar-refractivity contribution is 0.0530. The molecule has 17 heavy (non-hydrogen) atoms. The summed E-state index contributed by atoms with van der Waals surface area (Å²) in [6, 6.07) is 0. The van der Waals surface area contributed by atoms with Crippen molar-refractivity contribution in [3.63, 3.8) is 0 Å². The van der Waals surface area contributed by atoms with Gasteiger partial charge in [-0.05, 0) is 29.3 Å². The molecule has 96 valence electrons. The van der Waals surface area contributed by atoms with Gasteiger partial charge in [0.25, 0.3) is 0 Å². The van der Waals surface area contributed by atoms with Crippen molar-refractivity contribution in [2.75, 3.05) is 19.5 Å². The van der Waals surface area contributed by atoms with Gasteiger partial charge >= 0.3 is 0 Å². The van der Waals surface area contributed by atoms with Crippen LogP contribution in [0.25, 0.3) is 0 Å². The minimum atomic E-state index is -0.119. The van der Waals surface area contributed by atoms with Crippen molar-refractivity contribution in [3.8, 4) is 0 Å². The van der Waals surface area contributed by atoms with Gasteiger partial charge in [-0.1, -0.05) is 6.92 Å². The molecule has 6 heteroatoms. The highest BCUT2D eigenvalue weighted by molar-refractivity contribution is 9.10. The third-order valence-corrected chi connectivity index (χ3v) is 3.13. The van der Waals surface area contributed by atoms with E-state index in [-0.39, 0.29) is 6.10 Å². The monoisotopic (exact) mass is 303 g/mol. The molecule has 1 atom stereocenters. The first kappa shape index (κ1) is 14.3. The predicted octanol–water partition coefficient (Wildman–Crippen LogP) is 2.46.